The fourth-order valence-corrected chi connectivity index (χ4v) is 4.55. The van der Waals surface area contributed by atoms with Crippen molar-refractivity contribution in [2.75, 3.05) is 44.7 Å². The van der Waals surface area contributed by atoms with Crippen LogP contribution < -0.4 is 29.2 Å². The molecule has 0 aliphatic carbocycles. The molecule has 1 heterocycles. The van der Waals surface area contributed by atoms with E-state index in [2.05, 4.69) is 5.32 Å². The lowest BCUT2D eigenvalue weighted by Crippen LogP contribution is -2.39. The lowest BCUT2D eigenvalue weighted by atomic mass is 10.1. The number of carbonyl (C=O) groups is 3. The van der Waals surface area contributed by atoms with Crippen LogP contribution in [0, 0.1) is 0 Å². The minimum Gasteiger partial charge on any atom is -0.497 e. The Morgan fingerprint density at radius 3 is 2.30 bits per heavy atom. The number of amides is 4. The van der Waals surface area contributed by atoms with E-state index in [1.54, 1.807) is 68.8 Å². The molecule has 1 atom stereocenters. The van der Waals surface area contributed by atoms with E-state index in [-0.39, 0.29) is 18.9 Å². The smallest absolute Gasteiger partial charge is 0.332 e. The number of hydrogen-bond acceptors (Lipinski definition) is 7. The predicted molar refractivity (Wildman–Crippen MR) is 150 cm³/mol. The minimum absolute atomic E-state index is 0.204. The normalized spacial score (nSPS) is 14.8. The maximum absolute atomic E-state index is 13.6. The van der Waals surface area contributed by atoms with Gasteiger partial charge in [0.05, 0.1) is 40.0 Å². The van der Waals surface area contributed by atoms with Gasteiger partial charge in [0.1, 0.15) is 17.5 Å². The zero-order chi connectivity index (χ0) is 28.6. The molecule has 4 rings (SSSR count). The summed E-state index contributed by atoms with van der Waals surface area (Å²) in [4.78, 5) is 42.8. The Labute approximate surface area is 233 Å². The molecule has 10 heteroatoms. The lowest BCUT2D eigenvalue weighted by Gasteiger charge is -2.22. The summed E-state index contributed by atoms with van der Waals surface area (Å²) in [6.45, 7) is 2.63. The van der Waals surface area contributed by atoms with Crippen molar-refractivity contribution in [3.8, 4) is 23.0 Å². The second-order valence-corrected chi connectivity index (χ2v) is 9.02. The molecule has 0 aromatic heterocycles. The average Bonchev–Trinajstić information content (AvgIpc) is 3.20. The summed E-state index contributed by atoms with van der Waals surface area (Å²) in [5, 5.41) is 2.81. The van der Waals surface area contributed by atoms with Crippen molar-refractivity contribution in [1.29, 1.82) is 0 Å². The summed E-state index contributed by atoms with van der Waals surface area (Å²) in [6.07, 6.45) is 0.229. The van der Waals surface area contributed by atoms with Crippen LogP contribution in [-0.4, -0.2) is 63.3 Å². The topological polar surface area (TPSA) is 107 Å². The van der Waals surface area contributed by atoms with Gasteiger partial charge in [-0.15, -0.1) is 0 Å². The minimum atomic E-state index is -0.985. The van der Waals surface area contributed by atoms with Crippen molar-refractivity contribution in [2.45, 2.75) is 25.8 Å². The largest absolute Gasteiger partial charge is 0.497 e. The summed E-state index contributed by atoms with van der Waals surface area (Å²) in [5.41, 5.74) is 1.82. The molecule has 3 aromatic carbocycles. The molecular weight excluding hydrogens is 514 g/mol. The summed E-state index contributed by atoms with van der Waals surface area (Å²) >= 11 is 0. The van der Waals surface area contributed by atoms with Gasteiger partial charge in [-0.25, -0.2) is 9.69 Å². The zero-order valence-corrected chi connectivity index (χ0v) is 23.0. The molecule has 1 fully saturated rings. The first-order valence-electron chi connectivity index (χ1n) is 12.9. The number of methoxy groups -OCH3 is 3. The van der Waals surface area contributed by atoms with Crippen LogP contribution in [0.25, 0.3) is 0 Å². The van der Waals surface area contributed by atoms with E-state index in [1.807, 2.05) is 19.1 Å². The number of urea groups is 1. The quantitative estimate of drug-likeness (QED) is 0.332. The Hall–Kier alpha value is -4.73. The third-order valence-electron chi connectivity index (χ3n) is 6.55. The van der Waals surface area contributed by atoms with E-state index in [0.29, 0.717) is 47.4 Å². The van der Waals surface area contributed by atoms with E-state index in [9.17, 15) is 14.4 Å². The van der Waals surface area contributed by atoms with Gasteiger partial charge in [-0.3, -0.25) is 9.59 Å². The number of anilines is 2. The first kappa shape index (κ1) is 28.3. The number of benzene rings is 3. The van der Waals surface area contributed by atoms with Gasteiger partial charge in [-0.05, 0) is 67.4 Å². The average molecular weight is 548 g/mol. The molecule has 3 aromatic rings. The van der Waals surface area contributed by atoms with Gasteiger partial charge in [0.2, 0.25) is 5.91 Å². The Bertz CT molecular complexity index is 1360. The van der Waals surface area contributed by atoms with Crippen LogP contribution >= 0.6 is 0 Å². The molecular formula is C30H33N3O7. The molecule has 0 radical (unpaired) electrons. The Morgan fingerprint density at radius 2 is 1.62 bits per heavy atom. The third-order valence-corrected chi connectivity index (χ3v) is 6.55. The molecule has 0 spiro atoms. The van der Waals surface area contributed by atoms with Gasteiger partial charge < -0.3 is 29.2 Å². The highest BCUT2D eigenvalue weighted by Crippen LogP contribution is 2.31. The first-order chi connectivity index (χ1) is 19.4. The number of ether oxygens (including phenoxy) is 4. The lowest BCUT2D eigenvalue weighted by molar-refractivity contribution is -0.124. The van der Waals surface area contributed by atoms with E-state index < -0.39 is 18.0 Å². The molecule has 0 bridgehead atoms. The van der Waals surface area contributed by atoms with Crippen LogP contribution in [0.5, 0.6) is 23.0 Å². The maximum atomic E-state index is 13.6. The maximum Gasteiger partial charge on any atom is 0.332 e. The molecule has 10 nitrogen and oxygen atoms in total. The van der Waals surface area contributed by atoms with Crippen LogP contribution in [0.2, 0.25) is 0 Å². The Kier molecular flexibility index (Phi) is 9.11. The standard InChI is InChI=1S/C30H33N3O7/c1-5-40-23-12-10-21(11-13-23)31-28(34)19-25-29(35)33(22-7-6-8-24(18-22)37-2)30(36)32(25)16-15-20-9-14-26(38-3)27(17-20)39-4/h6-14,17-18,25H,5,15-16,19H2,1-4H3,(H,31,34)/t25-/m0/s1. The highest BCUT2D eigenvalue weighted by Gasteiger charge is 2.46. The number of hydrogen-bond donors (Lipinski definition) is 1. The van der Waals surface area contributed by atoms with Gasteiger partial charge in [-0.2, -0.15) is 0 Å². The second kappa shape index (κ2) is 12.9. The molecule has 4 amide bonds. The molecule has 210 valence electrons. The van der Waals surface area contributed by atoms with Crippen LogP contribution in [0.3, 0.4) is 0 Å². The molecule has 1 aliphatic heterocycles. The predicted octanol–water partition coefficient (Wildman–Crippen LogP) is 4.52. The molecule has 0 saturated carbocycles. The van der Waals surface area contributed by atoms with E-state index in [4.69, 9.17) is 18.9 Å². The van der Waals surface area contributed by atoms with Crippen molar-refractivity contribution < 1.29 is 33.3 Å². The van der Waals surface area contributed by atoms with Gasteiger partial charge >= 0.3 is 6.03 Å². The molecule has 1 aliphatic rings. The Balaban J connectivity index is 1.56. The summed E-state index contributed by atoms with van der Waals surface area (Å²) in [6, 6.07) is 17.7. The van der Waals surface area contributed by atoms with Crippen molar-refractivity contribution in [3.05, 3.63) is 72.3 Å². The molecule has 1 saturated heterocycles. The monoisotopic (exact) mass is 547 g/mol. The van der Waals surface area contributed by atoms with E-state index >= 15 is 0 Å². The fourth-order valence-electron chi connectivity index (χ4n) is 4.55. The summed E-state index contributed by atoms with van der Waals surface area (Å²) < 4.78 is 21.4. The first-order valence-corrected chi connectivity index (χ1v) is 12.9. The number of carbonyl (C=O) groups excluding carboxylic acids is 3. The molecule has 40 heavy (non-hydrogen) atoms. The van der Waals surface area contributed by atoms with Crippen LogP contribution in [-0.2, 0) is 16.0 Å². The van der Waals surface area contributed by atoms with Gasteiger partial charge in [-0.1, -0.05) is 12.1 Å². The molecule has 1 N–H and O–H groups in total. The summed E-state index contributed by atoms with van der Waals surface area (Å²) in [7, 11) is 4.62. The van der Waals surface area contributed by atoms with E-state index in [1.165, 1.54) is 12.0 Å². The SMILES string of the molecule is CCOc1ccc(NC(=O)C[C@H]2C(=O)N(c3cccc(OC)c3)C(=O)N2CCc2ccc(OC)c(OC)c2)cc1. The highest BCUT2D eigenvalue weighted by molar-refractivity contribution is 6.22. The fraction of sp³-hybridized carbons (Fsp3) is 0.300. The van der Waals surface area contributed by atoms with Crippen LogP contribution in [0.15, 0.2) is 66.7 Å². The highest BCUT2D eigenvalue weighted by atomic mass is 16.5. The zero-order valence-electron chi connectivity index (χ0n) is 23.0. The summed E-state index contributed by atoms with van der Waals surface area (Å²) in [5.74, 6) is 1.48. The van der Waals surface area contributed by atoms with Crippen molar-refractivity contribution in [3.63, 3.8) is 0 Å². The van der Waals surface area contributed by atoms with Gasteiger partial charge in [0.25, 0.3) is 5.91 Å². The number of imide groups is 1. The van der Waals surface area contributed by atoms with E-state index in [0.717, 1.165) is 10.5 Å². The Morgan fingerprint density at radius 1 is 0.875 bits per heavy atom. The van der Waals surface area contributed by atoms with Crippen molar-refractivity contribution in [1.82, 2.24) is 4.90 Å². The van der Waals surface area contributed by atoms with Crippen molar-refractivity contribution in [2.24, 2.45) is 0 Å². The van der Waals surface area contributed by atoms with Gasteiger partial charge in [0, 0.05) is 18.3 Å². The second-order valence-electron chi connectivity index (χ2n) is 9.02. The number of nitrogens with one attached hydrogen (secondary N) is 1. The third kappa shape index (κ3) is 6.28. The number of nitrogens with zero attached hydrogens (tertiary/aromatic N) is 2. The van der Waals surface area contributed by atoms with Crippen LogP contribution in [0.4, 0.5) is 16.2 Å². The van der Waals surface area contributed by atoms with Crippen LogP contribution in [0.1, 0.15) is 18.9 Å². The van der Waals surface area contributed by atoms with Crippen molar-refractivity contribution >= 4 is 29.2 Å². The van der Waals surface area contributed by atoms with Gasteiger partial charge in [0.15, 0.2) is 11.5 Å². The molecule has 0 unspecified atom stereocenters. The number of rotatable bonds is 12.